The molecular weight excluding hydrogens is 244 g/mol. The van der Waals surface area contributed by atoms with Gasteiger partial charge in [0.25, 0.3) is 0 Å². The first-order valence-corrected chi connectivity index (χ1v) is 6.98. The normalized spacial score (nSPS) is 11.3. The first-order chi connectivity index (χ1) is 8.66. The number of aromatic amines is 1. The molecule has 0 fully saturated rings. The van der Waals surface area contributed by atoms with Gasteiger partial charge in [0.1, 0.15) is 0 Å². The van der Waals surface area contributed by atoms with Gasteiger partial charge in [0.2, 0.25) is 0 Å². The molecule has 0 amide bonds. The predicted octanol–water partition coefficient (Wildman–Crippen LogP) is 3.17. The summed E-state index contributed by atoms with van der Waals surface area (Å²) >= 11 is 1.73. The van der Waals surface area contributed by atoms with Gasteiger partial charge in [-0.3, -0.25) is 9.69 Å². The largest absolute Gasteiger partial charge is 0.359 e. The zero-order valence-electron chi connectivity index (χ0n) is 10.7. The van der Waals surface area contributed by atoms with Gasteiger partial charge in [0.05, 0.1) is 12.2 Å². The minimum atomic E-state index is 0.144. The number of nitrogens with zero attached hydrogens (tertiary/aromatic N) is 1. The van der Waals surface area contributed by atoms with Crippen LogP contribution in [0.5, 0.6) is 0 Å². The summed E-state index contributed by atoms with van der Waals surface area (Å²) in [6.45, 7) is 5.53. The van der Waals surface area contributed by atoms with Gasteiger partial charge in [-0.1, -0.05) is 6.07 Å². The van der Waals surface area contributed by atoms with E-state index in [-0.39, 0.29) is 5.78 Å². The first-order valence-electron chi connectivity index (χ1n) is 6.10. The highest BCUT2D eigenvalue weighted by atomic mass is 32.1. The fourth-order valence-electron chi connectivity index (χ4n) is 1.80. The van der Waals surface area contributed by atoms with Gasteiger partial charge in [-0.25, -0.2) is 0 Å². The van der Waals surface area contributed by atoms with Crippen molar-refractivity contribution in [2.75, 3.05) is 6.54 Å². The number of thiophene rings is 1. The molecule has 0 aliphatic heterocycles. The standard InChI is InChI=1S/C14H18N2OS/c1-11(2)16(9-12-5-4-8-18-12)10-14(17)13-6-3-7-15-13/h3-8,11,15H,9-10H2,1-2H3. The van der Waals surface area contributed by atoms with Crippen molar-refractivity contribution in [1.82, 2.24) is 9.88 Å². The number of ketones is 1. The van der Waals surface area contributed by atoms with Crippen LogP contribution in [0.3, 0.4) is 0 Å². The minimum Gasteiger partial charge on any atom is -0.359 e. The molecule has 2 heterocycles. The average Bonchev–Trinajstić information content (AvgIpc) is 3.00. The van der Waals surface area contributed by atoms with Crippen molar-refractivity contribution < 1.29 is 4.79 Å². The molecule has 1 N–H and O–H groups in total. The Kier molecular flexibility index (Phi) is 4.33. The van der Waals surface area contributed by atoms with Gasteiger partial charge in [-0.15, -0.1) is 11.3 Å². The second-order valence-electron chi connectivity index (χ2n) is 4.59. The zero-order chi connectivity index (χ0) is 13.0. The van der Waals surface area contributed by atoms with Crippen molar-refractivity contribution in [3.8, 4) is 0 Å². The molecule has 0 aromatic carbocycles. The number of nitrogens with one attached hydrogen (secondary N) is 1. The summed E-state index contributed by atoms with van der Waals surface area (Å²) in [6.07, 6.45) is 1.78. The van der Waals surface area contributed by atoms with Crippen LogP contribution in [0.4, 0.5) is 0 Å². The molecule has 2 aromatic heterocycles. The third-order valence-electron chi connectivity index (χ3n) is 2.91. The van der Waals surface area contributed by atoms with E-state index in [1.54, 1.807) is 17.5 Å². The van der Waals surface area contributed by atoms with E-state index < -0.39 is 0 Å². The fourth-order valence-corrected chi connectivity index (χ4v) is 2.53. The van der Waals surface area contributed by atoms with E-state index >= 15 is 0 Å². The highest BCUT2D eigenvalue weighted by molar-refractivity contribution is 7.09. The summed E-state index contributed by atoms with van der Waals surface area (Å²) in [5.74, 6) is 0.144. The highest BCUT2D eigenvalue weighted by Crippen LogP contribution is 2.14. The van der Waals surface area contributed by atoms with Crippen LogP contribution in [-0.2, 0) is 6.54 Å². The van der Waals surface area contributed by atoms with Gasteiger partial charge in [0, 0.05) is 23.7 Å². The predicted molar refractivity (Wildman–Crippen MR) is 75.0 cm³/mol. The van der Waals surface area contributed by atoms with Crippen molar-refractivity contribution in [3.05, 3.63) is 46.4 Å². The Morgan fingerprint density at radius 1 is 1.39 bits per heavy atom. The number of H-pyrrole nitrogens is 1. The molecule has 0 saturated heterocycles. The Bertz CT molecular complexity index is 474. The topological polar surface area (TPSA) is 36.1 Å². The molecule has 0 atom stereocenters. The van der Waals surface area contributed by atoms with Crippen LogP contribution in [0.1, 0.15) is 29.2 Å². The Hall–Kier alpha value is -1.39. The van der Waals surface area contributed by atoms with E-state index in [9.17, 15) is 4.79 Å². The number of rotatable bonds is 6. The highest BCUT2D eigenvalue weighted by Gasteiger charge is 2.16. The average molecular weight is 262 g/mol. The quantitative estimate of drug-likeness (QED) is 0.812. The van der Waals surface area contributed by atoms with Crippen LogP contribution in [0.2, 0.25) is 0 Å². The van der Waals surface area contributed by atoms with E-state index in [2.05, 4.69) is 35.2 Å². The van der Waals surface area contributed by atoms with Gasteiger partial charge in [0.15, 0.2) is 5.78 Å². The van der Waals surface area contributed by atoms with Crippen LogP contribution < -0.4 is 0 Å². The maximum absolute atomic E-state index is 12.1. The molecule has 0 radical (unpaired) electrons. The summed E-state index contributed by atoms with van der Waals surface area (Å²) in [5.41, 5.74) is 0.687. The van der Waals surface area contributed by atoms with Gasteiger partial charge in [-0.2, -0.15) is 0 Å². The van der Waals surface area contributed by atoms with Crippen LogP contribution in [0.15, 0.2) is 35.8 Å². The molecule has 0 aliphatic carbocycles. The van der Waals surface area contributed by atoms with Crippen molar-refractivity contribution in [3.63, 3.8) is 0 Å². The molecule has 2 rings (SSSR count). The number of carbonyl (C=O) groups is 1. The van der Waals surface area contributed by atoms with E-state index in [0.29, 0.717) is 18.3 Å². The summed E-state index contributed by atoms with van der Waals surface area (Å²) in [7, 11) is 0. The SMILES string of the molecule is CC(C)N(CC(=O)c1ccc[nH]1)Cc1cccs1. The van der Waals surface area contributed by atoms with Crippen molar-refractivity contribution in [1.29, 1.82) is 0 Å². The van der Waals surface area contributed by atoms with Gasteiger partial charge >= 0.3 is 0 Å². The summed E-state index contributed by atoms with van der Waals surface area (Å²) in [6, 6.07) is 8.19. The Labute approximate surface area is 111 Å². The molecule has 0 unspecified atom stereocenters. The lowest BCUT2D eigenvalue weighted by molar-refractivity contribution is 0.0895. The van der Waals surface area contributed by atoms with E-state index in [0.717, 1.165) is 6.54 Å². The second kappa shape index (κ2) is 5.98. The molecule has 0 aliphatic rings. The maximum Gasteiger partial charge on any atom is 0.192 e. The molecule has 96 valence electrons. The molecule has 4 heteroatoms. The Morgan fingerprint density at radius 3 is 2.78 bits per heavy atom. The van der Waals surface area contributed by atoms with Crippen LogP contribution in [0, 0.1) is 0 Å². The Morgan fingerprint density at radius 2 is 2.22 bits per heavy atom. The lowest BCUT2D eigenvalue weighted by atomic mass is 10.2. The molecule has 0 spiro atoms. The lowest BCUT2D eigenvalue weighted by Gasteiger charge is -2.24. The summed E-state index contributed by atoms with van der Waals surface area (Å²) in [4.78, 5) is 18.5. The number of hydrogen-bond donors (Lipinski definition) is 1. The molecular formula is C14H18N2OS. The molecule has 0 saturated carbocycles. The van der Waals surface area contributed by atoms with Crippen LogP contribution in [0.25, 0.3) is 0 Å². The third-order valence-corrected chi connectivity index (χ3v) is 3.78. The number of Topliss-reactive ketones (excluding diaryl/α,β-unsaturated/α-hetero) is 1. The number of carbonyl (C=O) groups excluding carboxylic acids is 1. The van der Waals surface area contributed by atoms with E-state index in [1.165, 1.54) is 4.88 Å². The molecule has 18 heavy (non-hydrogen) atoms. The van der Waals surface area contributed by atoms with Crippen LogP contribution in [-0.4, -0.2) is 28.3 Å². The molecule has 0 bridgehead atoms. The second-order valence-corrected chi connectivity index (χ2v) is 5.62. The van der Waals surface area contributed by atoms with Crippen molar-refractivity contribution in [2.45, 2.75) is 26.4 Å². The monoisotopic (exact) mass is 262 g/mol. The zero-order valence-corrected chi connectivity index (χ0v) is 11.5. The summed E-state index contributed by atoms with van der Waals surface area (Å²) in [5, 5.41) is 2.07. The lowest BCUT2D eigenvalue weighted by Crippen LogP contribution is -2.35. The van der Waals surface area contributed by atoms with Crippen molar-refractivity contribution in [2.24, 2.45) is 0 Å². The van der Waals surface area contributed by atoms with Crippen molar-refractivity contribution >= 4 is 17.1 Å². The molecule has 2 aromatic rings. The van der Waals surface area contributed by atoms with Gasteiger partial charge < -0.3 is 4.98 Å². The number of aromatic nitrogens is 1. The third kappa shape index (κ3) is 3.31. The van der Waals surface area contributed by atoms with E-state index in [1.807, 2.05) is 18.2 Å². The fraction of sp³-hybridized carbons (Fsp3) is 0.357. The Balaban J connectivity index is 2.00. The number of hydrogen-bond acceptors (Lipinski definition) is 3. The summed E-state index contributed by atoms with van der Waals surface area (Å²) < 4.78 is 0. The first kappa shape index (κ1) is 13.1. The van der Waals surface area contributed by atoms with E-state index in [4.69, 9.17) is 0 Å². The molecule has 3 nitrogen and oxygen atoms in total. The van der Waals surface area contributed by atoms with Crippen LogP contribution >= 0.6 is 11.3 Å². The smallest absolute Gasteiger partial charge is 0.192 e. The minimum absolute atomic E-state index is 0.144. The van der Waals surface area contributed by atoms with Gasteiger partial charge in [-0.05, 0) is 37.4 Å². The maximum atomic E-state index is 12.1.